The monoisotopic (exact) mass is 577 g/mol. The van der Waals surface area contributed by atoms with E-state index in [1.54, 1.807) is 45.2 Å². The summed E-state index contributed by atoms with van der Waals surface area (Å²) in [6.07, 6.45) is 2.30. The summed E-state index contributed by atoms with van der Waals surface area (Å²) in [4.78, 5) is 11.0. The van der Waals surface area contributed by atoms with Gasteiger partial charge in [0.25, 0.3) is 0 Å². The molecule has 0 saturated carbocycles. The Labute approximate surface area is 236 Å². The van der Waals surface area contributed by atoms with Crippen LogP contribution in [0.4, 0.5) is 23.1 Å². The number of para-hydroxylation sites is 1. The fourth-order valence-electron chi connectivity index (χ4n) is 3.66. The van der Waals surface area contributed by atoms with Crippen molar-refractivity contribution in [2.75, 3.05) is 31.3 Å². The van der Waals surface area contributed by atoms with Gasteiger partial charge in [0.2, 0.25) is 5.95 Å². The van der Waals surface area contributed by atoms with Gasteiger partial charge in [0.15, 0.2) is 15.7 Å². The molecule has 3 rings (SSSR count). The van der Waals surface area contributed by atoms with Crippen molar-refractivity contribution in [3.8, 4) is 5.75 Å². The van der Waals surface area contributed by atoms with Gasteiger partial charge in [-0.15, -0.1) is 0 Å². The molecule has 2 aromatic carbocycles. The fraction of sp³-hybridized carbons (Fsp3) is 0.407. The molecule has 1 aromatic heterocycles. The minimum absolute atomic E-state index is 0.180. The smallest absolute Gasteiger partial charge is 0.229 e. The lowest BCUT2D eigenvalue weighted by Crippen LogP contribution is -2.37. The molecule has 38 heavy (non-hydrogen) atoms. The molecule has 1 heterocycles. The van der Waals surface area contributed by atoms with Crippen LogP contribution in [0.3, 0.4) is 0 Å². The van der Waals surface area contributed by atoms with Gasteiger partial charge in [-0.25, -0.2) is 13.4 Å². The Morgan fingerprint density at radius 3 is 2.47 bits per heavy atom. The first-order chi connectivity index (χ1) is 17.7. The van der Waals surface area contributed by atoms with Crippen LogP contribution in [0.5, 0.6) is 5.75 Å². The topological polar surface area (TPSA) is 96.5 Å². The lowest BCUT2D eigenvalue weighted by molar-refractivity contribution is 0.249. The molecule has 206 valence electrons. The third-order valence-electron chi connectivity index (χ3n) is 6.37. The van der Waals surface area contributed by atoms with Crippen LogP contribution in [0, 0.1) is 6.92 Å². The van der Waals surface area contributed by atoms with E-state index < -0.39 is 15.1 Å². The van der Waals surface area contributed by atoms with Gasteiger partial charge in [-0.3, -0.25) is 4.90 Å². The Morgan fingerprint density at radius 1 is 1.16 bits per heavy atom. The predicted octanol–water partition coefficient (Wildman–Crippen LogP) is 6.26. The van der Waals surface area contributed by atoms with Crippen LogP contribution in [-0.2, 0) is 16.3 Å². The van der Waals surface area contributed by atoms with Gasteiger partial charge < -0.3 is 15.4 Å². The van der Waals surface area contributed by atoms with E-state index in [0.29, 0.717) is 17.1 Å². The maximum atomic E-state index is 12.9. The molecule has 11 heteroatoms. The fourth-order valence-corrected chi connectivity index (χ4v) is 5.10. The third kappa shape index (κ3) is 7.11. The van der Waals surface area contributed by atoms with Gasteiger partial charge in [-0.2, -0.15) is 17.6 Å². The zero-order chi connectivity index (χ0) is 28.3. The number of anilines is 4. The molecule has 0 aliphatic carbocycles. The van der Waals surface area contributed by atoms with Crippen molar-refractivity contribution in [3.63, 3.8) is 0 Å². The van der Waals surface area contributed by atoms with Crippen molar-refractivity contribution in [3.05, 3.63) is 58.7 Å². The van der Waals surface area contributed by atoms with E-state index in [9.17, 15) is 8.42 Å². The van der Waals surface area contributed by atoms with Crippen molar-refractivity contribution in [1.29, 1.82) is 0 Å². The number of thiol groups is 1. The van der Waals surface area contributed by atoms with Crippen molar-refractivity contribution in [2.24, 2.45) is 0 Å². The van der Waals surface area contributed by atoms with Crippen LogP contribution in [0.1, 0.15) is 38.8 Å². The summed E-state index contributed by atoms with van der Waals surface area (Å²) in [5.41, 5.74) is 3.35. The number of nitrogens with one attached hydrogen (secondary N) is 2. The third-order valence-corrected chi connectivity index (χ3v) is 9.19. The Kier molecular flexibility index (Phi) is 9.57. The number of hydrogen-bond donors (Lipinski definition) is 3. The van der Waals surface area contributed by atoms with Crippen LogP contribution < -0.4 is 15.4 Å². The summed E-state index contributed by atoms with van der Waals surface area (Å²) in [7, 11) is 0.143. The number of rotatable bonds is 11. The molecule has 3 aromatic rings. The number of benzene rings is 2. The quantitative estimate of drug-likeness (QED) is 0.182. The van der Waals surface area contributed by atoms with Gasteiger partial charge in [-0.05, 0) is 83.5 Å². The minimum atomic E-state index is -3.52. The van der Waals surface area contributed by atoms with Crippen molar-refractivity contribution >= 4 is 57.2 Å². The number of likely N-dealkylation sites (N-methyl/N-ethyl adjacent to an activating group) is 1. The van der Waals surface area contributed by atoms with Gasteiger partial charge in [-0.1, -0.05) is 23.7 Å². The standard InChI is InChI=1S/C27H36ClN5O3S2/c1-17(2)38(34,35)24-11-9-8-10-21(24)30-25-20(28)16-29-26(32-25)31-22-14-18(3)19(15-23(22)36-7)12-13-33(6)27(4,5)37/h8-11,14-17,37H,12-13H2,1-7H3,(H2,29,30,31,32). The first-order valence-corrected chi connectivity index (χ1v) is 14.6. The van der Waals surface area contributed by atoms with E-state index in [-0.39, 0.29) is 26.6 Å². The Hall–Kier alpha value is -2.53. The normalized spacial score (nSPS) is 12.2. The number of nitrogens with zero attached hydrogens (tertiary/aromatic N) is 3. The molecule has 0 fully saturated rings. The summed E-state index contributed by atoms with van der Waals surface area (Å²) in [5, 5.41) is 5.96. The highest BCUT2D eigenvalue weighted by molar-refractivity contribution is 7.92. The van der Waals surface area contributed by atoms with E-state index in [1.807, 2.05) is 19.1 Å². The first-order valence-electron chi connectivity index (χ1n) is 12.2. The Balaban J connectivity index is 1.88. The number of aryl methyl sites for hydroxylation is 1. The lowest BCUT2D eigenvalue weighted by atomic mass is 10.0. The van der Waals surface area contributed by atoms with Crippen LogP contribution in [-0.4, -0.2) is 54.1 Å². The second-order valence-electron chi connectivity index (χ2n) is 9.88. The molecule has 0 radical (unpaired) electrons. The average Bonchev–Trinajstić information content (AvgIpc) is 2.85. The lowest BCUT2D eigenvalue weighted by Gasteiger charge is -2.31. The van der Waals surface area contributed by atoms with E-state index in [2.05, 4.69) is 59.0 Å². The predicted molar refractivity (Wildman–Crippen MR) is 160 cm³/mol. The van der Waals surface area contributed by atoms with Crippen LogP contribution >= 0.6 is 24.2 Å². The summed E-state index contributed by atoms with van der Waals surface area (Å²) in [5.74, 6) is 1.21. The number of sulfone groups is 1. The molecular formula is C27H36ClN5O3S2. The van der Waals surface area contributed by atoms with E-state index >= 15 is 0 Å². The second kappa shape index (κ2) is 12.1. The molecule has 0 aliphatic heterocycles. The van der Waals surface area contributed by atoms with Crippen molar-refractivity contribution in [1.82, 2.24) is 14.9 Å². The highest BCUT2D eigenvalue weighted by Gasteiger charge is 2.23. The summed E-state index contributed by atoms with van der Waals surface area (Å²) in [6.45, 7) is 10.3. The number of aromatic nitrogens is 2. The highest BCUT2D eigenvalue weighted by atomic mass is 35.5. The summed E-state index contributed by atoms with van der Waals surface area (Å²) in [6, 6.07) is 10.7. The van der Waals surface area contributed by atoms with E-state index in [4.69, 9.17) is 16.3 Å². The minimum Gasteiger partial charge on any atom is -0.495 e. The molecule has 8 nitrogen and oxygen atoms in total. The van der Waals surface area contributed by atoms with Crippen molar-refractivity contribution < 1.29 is 13.2 Å². The number of hydrogen-bond acceptors (Lipinski definition) is 9. The molecule has 0 unspecified atom stereocenters. The maximum absolute atomic E-state index is 12.9. The molecular weight excluding hydrogens is 542 g/mol. The second-order valence-corrected chi connectivity index (χ2v) is 13.8. The zero-order valence-electron chi connectivity index (χ0n) is 22.8. The van der Waals surface area contributed by atoms with Gasteiger partial charge in [0.1, 0.15) is 10.8 Å². The van der Waals surface area contributed by atoms with Crippen LogP contribution in [0.25, 0.3) is 0 Å². The van der Waals surface area contributed by atoms with E-state index in [0.717, 1.165) is 18.5 Å². The van der Waals surface area contributed by atoms with Crippen LogP contribution in [0.2, 0.25) is 5.02 Å². The highest BCUT2D eigenvalue weighted by Crippen LogP contribution is 2.33. The van der Waals surface area contributed by atoms with Gasteiger partial charge in [0.05, 0.1) is 39.7 Å². The first kappa shape index (κ1) is 30.0. The average molecular weight is 578 g/mol. The molecule has 0 aliphatic rings. The Bertz CT molecular complexity index is 1390. The number of halogens is 1. The molecule has 0 bridgehead atoms. The van der Waals surface area contributed by atoms with E-state index in [1.165, 1.54) is 11.8 Å². The van der Waals surface area contributed by atoms with Crippen molar-refractivity contribution in [2.45, 2.75) is 56.1 Å². The molecule has 0 atom stereocenters. The summed E-state index contributed by atoms with van der Waals surface area (Å²) >= 11 is 11.0. The van der Waals surface area contributed by atoms with Gasteiger partial charge >= 0.3 is 0 Å². The molecule has 0 spiro atoms. The molecule has 0 saturated heterocycles. The number of ether oxygens (including phenoxy) is 1. The Morgan fingerprint density at radius 2 is 1.84 bits per heavy atom. The summed E-state index contributed by atoms with van der Waals surface area (Å²) < 4.78 is 31.4. The molecule has 2 N–H and O–H groups in total. The number of methoxy groups -OCH3 is 1. The van der Waals surface area contributed by atoms with Gasteiger partial charge in [0, 0.05) is 6.54 Å². The SMILES string of the molecule is COc1cc(CCN(C)C(C)(C)S)c(C)cc1Nc1ncc(Cl)c(Nc2ccccc2S(=O)(=O)C(C)C)n1. The maximum Gasteiger partial charge on any atom is 0.229 e. The molecule has 0 amide bonds. The largest absolute Gasteiger partial charge is 0.495 e. The zero-order valence-corrected chi connectivity index (χ0v) is 25.3. The van der Waals surface area contributed by atoms with Crippen LogP contribution in [0.15, 0.2) is 47.5 Å².